The number of hydroxylamine groups is 1. The first-order valence-corrected chi connectivity index (χ1v) is 7.92. The number of unbranched alkanes of at least 4 members (excludes halogenated alkanes) is 2. The predicted octanol–water partition coefficient (Wildman–Crippen LogP) is 3.19. The molecule has 0 radical (unpaired) electrons. The van der Waals surface area contributed by atoms with Gasteiger partial charge in [-0.3, -0.25) is 10.0 Å². The van der Waals surface area contributed by atoms with E-state index in [0.717, 1.165) is 60.9 Å². The molecule has 0 aliphatic carbocycles. The molecule has 0 atom stereocenters. The van der Waals surface area contributed by atoms with Crippen molar-refractivity contribution in [1.82, 2.24) is 15.4 Å². The monoisotopic (exact) mass is 301 g/mol. The van der Waals surface area contributed by atoms with Crippen molar-refractivity contribution in [2.75, 3.05) is 0 Å². The molecule has 1 aromatic carbocycles. The normalized spacial score (nSPS) is 10.8. The number of benzene rings is 1. The molecule has 0 bridgehead atoms. The molecule has 1 heterocycles. The van der Waals surface area contributed by atoms with Gasteiger partial charge in [-0.1, -0.05) is 31.5 Å². The van der Waals surface area contributed by atoms with E-state index in [2.05, 4.69) is 18.0 Å². The Labute approximate surface area is 130 Å². The quantitative estimate of drug-likeness (QED) is 0.446. The van der Waals surface area contributed by atoms with E-state index in [9.17, 15) is 4.79 Å². The summed E-state index contributed by atoms with van der Waals surface area (Å²) in [6, 6.07) is 8.12. The SMILES string of the molecule is CCCc1nc(CCCCCC(=O)NO)c2ccccc2n1. The topological polar surface area (TPSA) is 75.1 Å². The van der Waals surface area contributed by atoms with Gasteiger partial charge in [0, 0.05) is 18.2 Å². The largest absolute Gasteiger partial charge is 0.289 e. The molecule has 22 heavy (non-hydrogen) atoms. The number of para-hydroxylation sites is 1. The zero-order valence-corrected chi connectivity index (χ0v) is 13.0. The third-order valence-corrected chi connectivity index (χ3v) is 3.64. The van der Waals surface area contributed by atoms with Gasteiger partial charge < -0.3 is 0 Å². The average Bonchev–Trinajstić information content (AvgIpc) is 2.54. The van der Waals surface area contributed by atoms with Gasteiger partial charge in [0.2, 0.25) is 5.91 Å². The van der Waals surface area contributed by atoms with Crippen LogP contribution in [0.2, 0.25) is 0 Å². The fraction of sp³-hybridized carbons (Fsp3) is 0.471. The first kappa shape index (κ1) is 16.4. The summed E-state index contributed by atoms with van der Waals surface area (Å²) < 4.78 is 0. The molecule has 2 N–H and O–H groups in total. The van der Waals surface area contributed by atoms with Crippen molar-refractivity contribution in [1.29, 1.82) is 0 Å². The second-order valence-corrected chi connectivity index (χ2v) is 5.45. The lowest BCUT2D eigenvalue weighted by molar-refractivity contribution is -0.129. The molecule has 0 aliphatic rings. The molecule has 0 fully saturated rings. The predicted molar refractivity (Wildman–Crippen MR) is 85.6 cm³/mol. The lowest BCUT2D eigenvalue weighted by Gasteiger charge is -2.08. The molecule has 2 rings (SSSR count). The number of nitrogens with zero attached hydrogens (tertiary/aromatic N) is 2. The fourth-order valence-electron chi connectivity index (χ4n) is 2.53. The average molecular weight is 301 g/mol. The molecule has 0 saturated carbocycles. The van der Waals surface area contributed by atoms with E-state index in [1.807, 2.05) is 18.2 Å². The van der Waals surface area contributed by atoms with Crippen LogP contribution in [-0.4, -0.2) is 21.1 Å². The van der Waals surface area contributed by atoms with Crippen LogP contribution in [0.1, 0.15) is 50.5 Å². The molecule has 0 unspecified atom stereocenters. The minimum atomic E-state index is -0.322. The highest BCUT2D eigenvalue weighted by atomic mass is 16.5. The van der Waals surface area contributed by atoms with Crippen molar-refractivity contribution in [3.05, 3.63) is 35.8 Å². The highest BCUT2D eigenvalue weighted by molar-refractivity contribution is 5.80. The molecular weight excluding hydrogens is 278 g/mol. The van der Waals surface area contributed by atoms with E-state index in [1.165, 1.54) is 0 Å². The Hall–Kier alpha value is -2.01. The maximum absolute atomic E-state index is 11.0. The molecule has 1 aromatic heterocycles. The third kappa shape index (κ3) is 4.49. The first-order chi connectivity index (χ1) is 10.7. The first-order valence-electron chi connectivity index (χ1n) is 7.92. The van der Waals surface area contributed by atoms with Crippen LogP contribution < -0.4 is 5.48 Å². The van der Waals surface area contributed by atoms with E-state index < -0.39 is 0 Å². The number of hydrogen-bond acceptors (Lipinski definition) is 4. The van der Waals surface area contributed by atoms with Gasteiger partial charge >= 0.3 is 0 Å². The van der Waals surface area contributed by atoms with Crippen LogP contribution in [0.5, 0.6) is 0 Å². The van der Waals surface area contributed by atoms with E-state index in [4.69, 9.17) is 10.2 Å². The standard InChI is InChI=1S/C17H23N3O2/c1-2-8-16-18-14(10-4-3-5-12-17(21)20-22)13-9-6-7-11-15(13)19-16/h6-7,9,11,22H,2-5,8,10,12H2,1H3,(H,20,21). The number of carbonyl (C=O) groups excluding carboxylic acids is 1. The molecule has 0 aliphatic heterocycles. The lowest BCUT2D eigenvalue weighted by Crippen LogP contribution is -2.17. The summed E-state index contributed by atoms with van der Waals surface area (Å²) in [6.45, 7) is 2.13. The van der Waals surface area contributed by atoms with Gasteiger partial charge in [0.15, 0.2) is 0 Å². The van der Waals surface area contributed by atoms with Crippen molar-refractivity contribution < 1.29 is 10.0 Å². The summed E-state index contributed by atoms with van der Waals surface area (Å²) in [7, 11) is 0. The maximum atomic E-state index is 11.0. The number of fused-ring (bicyclic) bond motifs is 1. The van der Waals surface area contributed by atoms with Crippen molar-refractivity contribution in [2.45, 2.75) is 51.9 Å². The molecule has 0 saturated heterocycles. The molecule has 118 valence electrons. The van der Waals surface area contributed by atoms with Gasteiger partial charge in [-0.05, 0) is 31.7 Å². The van der Waals surface area contributed by atoms with Crippen LogP contribution in [0, 0.1) is 0 Å². The van der Waals surface area contributed by atoms with Gasteiger partial charge in [0.25, 0.3) is 0 Å². The van der Waals surface area contributed by atoms with Gasteiger partial charge in [-0.25, -0.2) is 15.4 Å². The minimum Gasteiger partial charge on any atom is -0.289 e. The number of aromatic nitrogens is 2. The summed E-state index contributed by atoms with van der Waals surface area (Å²) in [5.41, 5.74) is 3.77. The summed E-state index contributed by atoms with van der Waals surface area (Å²) in [6.07, 6.45) is 5.88. The van der Waals surface area contributed by atoms with E-state index in [1.54, 1.807) is 5.48 Å². The van der Waals surface area contributed by atoms with Crippen molar-refractivity contribution in [3.8, 4) is 0 Å². The van der Waals surface area contributed by atoms with Crippen LogP contribution in [0.3, 0.4) is 0 Å². The van der Waals surface area contributed by atoms with Crippen LogP contribution in [0.15, 0.2) is 24.3 Å². The van der Waals surface area contributed by atoms with Crippen LogP contribution in [-0.2, 0) is 17.6 Å². The molecule has 1 amide bonds. The Balaban J connectivity index is 2.01. The summed E-state index contributed by atoms with van der Waals surface area (Å²) in [4.78, 5) is 20.3. The highest BCUT2D eigenvalue weighted by Gasteiger charge is 2.07. The van der Waals surface area contributed by atoms with Crippen molar-refractivity contribution >= 4 is 16.8 Å². The van der Waals surface area contributed by atoms with E-state index >= 15 is 0 Å². The summed E-state index contributed by atoms with van der Waals surface area (Å²) >= 11 is 0. The molecule has 2 aromatic rings. The fourth-order valence-corrected chi connectivity index (χ4v) is 2.53. The lowest BCUT2D eigenvalue weighted by atomic mass is 10.1. The van der Waals surface area contributed by atoms with Crippen molar-refractivity contribution in [3.63, 3.8) is 0 Å². The van der Waals surface area contributed by atoms with Crippen molar-refractivity contribution in [2.24, 2.45) is 0 Å². The molecule has 5 nitrogen and oxygen atoms in total. The number of carbonyl (C=O) groups is 1. The minimum absolute atomic E-state index is 0.322. The van der Waals surface area contributed by atoms with Gasteiger partial charge in [0.1, 0.15) is 5.82 Å². The number of amides is 1. The second-order valence-electron chi connectivity index (χ2n) is 5.45. The molecular formula is C17H23N3O2. The Bertz CT molecular complexity index is 628. The van der Waals surface area contributed by atoms with Gasteiger partial charge in [0.05, 0.1) is 11.2 Å². The molecule has 5 heteroatoms. The maximum Gasteiger partial charge on any atom is 0.243 e. The zero-order valence-electron chi connectivity index (χ0n) is 13.0. The van der Waals surface area contributed by atoms with Crippen LogP contribution >= 0.6 is 0 Å². The summed E-state index contributed by atoms with van der Waals surface area (Å²) in [5.74, 6) is 0.591. The third-order valence-electron chi connectivity index (χ3n) is 3.64. The number of aryl methyl sites for hydroxylation is 2. The zero-order chi connectivity index (χ0) is 15.8. The molecule has 0 spiro atoms. The van der Waals surface area contributed by atoms with Crippen LogP contribution in [0.4, 0.5) is 0 Å². The Morgan fingerprint density at radius 3 is 2.73 bits per heavy atom. The number of rotatable bonds is 8. The second kappa shape index (κ2) is 8.44. The Morgan fingerprint density at radius 2 is 1.95 bits per heavy atom. The Morgan fingerprint density at radius 1 is 1.14 bits per heavy atom. The van der Waals surface area contributed by atoms with E-state index in [0.29, 0.717) is 6.42 Å². The summed E-state index contributed by atoms with van der Waals surface area (Å²) in [5, 5.41) is 9.57. The van der Waals surface area contributed by atoms with Gasteiger partial charge in [-0.15, -0.1) is 0 Å². The number of nitrogens with one attached hydrogen (secondary N) is 1. The Kier molecular flexibility index (Phi) is 6.27. The van der Waals surface area contributed by atoms with E-state index in [-0.39, 0.29) is 5.91 Å². The van der Waals surface area contributed by atoms with Crippen LogP contribution in [0.25, 0.3) is 10.9 Å². The van der Waals surface area contributed by atoms with Gasteiger partial charge in [-0.2, -0.15) is 0 Å². The smallest absolute Gasteiger partial charge is 0.243 e. The highest BCUT2D eigenvalue weighted by Crippen LogP contribution is 2.18. The number of hydrogen-bond donors (Lipinski definition) is 2.